The van der Waals surface area contributed by atoms with Gasteiger partial charge in [0.1, 0.15) is 5.52 Å². The first-order valence-corrected chi connectivity index (χ1v) is 9.01. The van der Waals surface area contributed by atoms with Crippen LogP contribution in [0.1, 0.15) is 18.9 Å². The third-order valence-corrected chi connectivity index (χ3v) is 5.10. The number of hydrogen-bond acceptors (Lipinski definition) is 5. The van der Waals surface area contributed by atoms with Crippen molar-refractivity contribution in [3.63, 3.8) is 0 Å². The monoisotopic (exact) mass is 365 g/mol. The number of amides is 2. The zero-order valence-electron chi connectivity index (χ0n) is 14.7. The molecule has 4 heterocycles. The number of anilines is 1. The van der Waals surface area contributed by atoms with Crippen LogP contribution in [0.15, 0.2) is 42.9 Å². The van der Waals surface area contributed by atoms with Crippen LogP contribution in [0.25, 0.3) is 11.2 Å². The number of likely N-dealkylation sites (tertiary alicyclic amines) is 1. The maximum atomic E-state index is 12.6. The van der Waals surface area contributed by atoms with Gasteiger partial charge in [0.2, 0.25) is 6.79 Å². The van der Waals surface area contributed by atoms with E-state index in [1.807, 2.05) is 29.4 Å². The van der Waals surface area contributed by atoms with E-state index in [0.717, 1.165) is 24.0 Å². The van der Waals surface area contributed by atoms with E-state index in [9.17, 15) is 4.79 Å². The average Bonchev–Trinajstić information content (AvgIpc) is 3.34. The summed E-state index contributed by atoms with van der Waals surface area (Å²) >= 11 is 0. The van der Waals surface area contributed by atoms with Crippen LogP contribution >= 0.6 is 0 Å². The molecule has 2 aromatic heterocycles. The van der Waals surface area contributed by atoms with Gasteiger partial charge in [0.25, 0.3) is 0 Å². The van der Waals surface area contributed by atoms with Crippen LogP contribution in [0.5, 0.6) is 11.5 Å². The van der Waals surface area contributed by atoms with Crippen molar-refractivity contribution in [1.82, 2.24) is 19.4 Å². The van der Waals surface area contributed by atoms with Gasteiger partial charge in [-0.3, -0.25) is 0 Å². The number of imidazole rings is 1. The van der Waals surface area contributed by atoms with Gasteiger partial charge in [0, 0.05) is 37.1 Å². The van der Waals surface area contributed by atoms with Crippen LogP contribution in [0.3, 0.4) is 0 Å². The number of nitrogens with one attached hydrogen (secondary N) is 1. The first-order chi connectivity index (χ1) is 13.3. The van der Waals surface area contributed by atoms with Crippen molar-refractivity contribution >= 4 is 22.9 Å². The van der Waals surface area contributed by atoms with E-state index < -0.39 is 0 Å². The number of piperidine rings is 1. The highest BCUT2D eigenvalue weighted by atomic mass is 16.7. The second kappa shape index (κ2) is 6.46. The van der Waals surface area contributed by atoms with E-state index in [0.29, 0.717) is 36.3 Å². The van der Waals surface area contributed by atoms with Crippen LogP contribution < -0.4 is 14.8 Å². The van der Waals surface area contributed by atoms with Gasteiger partial charge in [-0.2, -0.15) is 0 Å². The zero-order chi connectivity index (χ0) is 18.2. The van der Waals surface area contributed by atoms with E-state index in [-0.39, 0.29) is 12.8 Å². The number of nitrogens with zero attached hydrogens (tertiary/aromatic N) is 4. The number of fused-ring (bicyclic) bond motifs is 2. The minimum absolute atomic E-state index is 0.0964. The van der Waals surface area contributed by atoms with Crippen LogP contribution in [0, 0.1) is 0 Å². The van der Waals surface area contributed by atoms with Crippen molar-refractivity contribution in [3.05, 3.63) is 42.9 Å². The van der Waals surface area contributed by atoms with Crippen LogP contribution in [-0.2, 0) is 0 Å². The van der Waals surface area contributed by atoms with E-state index in [1.165, 1.54) is 0 Å². The van der Waals surface area contributed by atoms with Gasteiger partial charge in [0.05, 0.1) is 6.33 Å². The molecule has 2 aliphatic heterocycles. The topological polar surface area (TPSA) is 81.5 Å². The number of aromatic nitrogens is 3. The minimum atomic E-state index is -0.0964. The normalized spacial score (nSPS) is 16.7. The zero-order valence-corrected chi connectivity index (χ0v) is 14.7. The molecule has 0 aliphatic carbocycles. The molecule has 1 fully saturated rings. The van der Waals surface area contributed by atoms with Crippen molar-refractivity contribution in [2.45, 2.75) is 18.9 Å². The first kappa shape index (κ1) is 15.9. The molecular formula is C19H19N5O3. The van der Waals surface area contributed by atoms with Gasteiger partial charge < -0.3 is 24.3 Å². The van der Waals surface area contributed by atoms with Crippen molar-refractivity contribution in [3.8, 4) is 11.5 Å². The van der Waals surface area contributed by atoms with Crippen molar-refractivity contribution in [1.29, 1.82) is 0 Å². The summed E-state index contributed by atoms with van der Waals surface area (Å²) < 4.78 is 12.8. The molecule has 0 saturated carbocycles. The summed E-state index contributed by atoms with van der Waals surface area (Å²) in [4.78, 5) is 23.3. The standard InChI is InChI=1S/C19H19N5O3/c25-19(22-13-3-4-16-17(10-13)27-12-26-16)23-8-5-14(6-9-23)24-11-21-15-2-1-7-20-18(15)24/h1-4,7,10-11,14H,5-6,8-9,12H2,(H,22,25). The molecular weight excluding hydrogens is 346 g/mol. The smallest absolute Gasteiger partial charge is 0.321 e. The second-order valence-corrected chi connectivity index (χ2v) is 6.71. The molecule has 0 spiro atoms. The predicted molar refractivity (Wildman–Crippen MR) is 99.0 cm³/mol. The molecule has 1 N–H and O–H groups in total. The summed E-state index contributed by atoms with van der Waals surface area (Å²) in [6, 6.07) is 9.48. The third-order valence-electron chi connectivity index (χ3n) is 5.10. The molecule has 1 aromatic carbocycles. The molecule has 8 heteroatoms. The fourth-order valence-electron chi connectivity index (χ4n) is 3.66. The Morgan fingerprint density at radius 3 is 2.85 bits per heavy atom. The van der Waals surface area contributed by atoms with E-state index >= 15 is 0 Å². The Bertz CT molecular complexity index is 994. The molecule has 27 heavy (non-hydrogen) atoms. The van der Waals surface area contributed by atoms with Crippen LogP contribution in [-0.4, -0.2) is 45.3 Å². The van der Waals surface area contributed by atoms with E-state index in [1.54, 1.807) is 18.3 Å². The quantitative estimate of drug-likeness (QED) is 0.755. The largest absolute Gasteiger partial charge is 0.454 e. The third kappa shape index (κ3) is 2.92. The highest BCUT2D eigenvalue weighted by Crippen LogP contribution is 2.34. The Morgan fingerprint density at radius 1 is 1.11 bits per heavy atom. The van der Waals surface area contributed by atoms with Gasteiger partial charge in [-0.15, -0.1) is 0 Å². The number of rotatable bonds is 2. The molecule has 138 valence electrons. The number of carbonyl (C=O) groups is 1. The number of benzene rings is 1. The molecule has 0 atom stereocenters. The van der Waals surface area contributed by atoms with Crippen molar-refractivity contribution in [2.75, 3.05) is 25.2 Å². The molecule has 3 aromatic rings. The number of urea groups is 1. The number of carbonyl (C=O) groups excluding carboxylic acids is 1. The fraction of sp³-hybridized carbons (Fsp3) is 0.316. The van der Waals surface area contributed by atoms with Gasteiger partial charge in [-0.1, -0.05) is 0 Å². The molecule has 2 aliphatic rings. The molecule has 1 saturated heterocycles. The summed E-state index contributed by atoms with van der Waals surface area (Å²) in [7, 11) is 0. The molecule has 5 rings (SSSR count). The summed E-state index contributed by atoms with van der Waals surface area (Å²) in [6.07, 6.45) is 5.38. The molecule has 0 radical (unpaired) electrons. The number of pyridine rings is 1. The highest BCUT2D eigenvalue weighted by molar-refractivity contribution is 5.89. The fourth-order valence-corrected chi connectivity index (χ4v) is 3.66. The van der Waals surface area contributed by atoms with Gasteiger partial charge in [-0.25, -0.2) is 14.8 Å². The average molecular weight is 365 g/mol. The summed E-state index contributed by atoms with van der Waals surface area (Å²) in [5.74, 6) is 1.36. The Kier molecular flexibility index (Phi) is 3.81. The van der Waals surface area contributed by atoms with Crippen LogP contribution in [0.2, 0.25) is 0 Å². The molecule has 0 bridgehead atoms. The van der Waals surface area contributed by atoms with Crippen LogP contribution in [0.4, 0.5) is 10.5 Å². The minimum Gasteiger partial charge on any atom is -0.454 e. The van der Waals surface area contributed by atoms with Gasteiger partial charge in [0.15, 0.2) is 17.1 Å². The lowest BCUT2D eigenvalue weighted by molar-refractivity contribution is 0.174. The molecule has 0 unspecified atom stereocenters. The Balaban J connectivity index is 1.23. The second-order valence-electron chi connectivity index (χ2n) is 6.71. The summed E-state index contributed by atoms with van der Waals surface area (Å²) in [6.45, 7) is 1.60. The lowest BCUT2D eigenvalue weighted by Gasteiger charge is -2.32. The van der Waals surface area contributed by atoms with Crippen molar-refractivity contribution in [2.24, 2.45) is 0 Å². The number of hydrogen-bond donors (Lipinski definition) is 1. The maximum Gasteiger partial charge on any atom is 0.321 e. The Labute approximate surface area is 155 Å². The van der Waals surface area contributed by atoms with Crippen molar-refractivity contribution < 1.29 is 14.3 Å². The number of ether oxygens (including phenoxy) is 2. The SMILES string of the molecule is O=C(Nc1ccc2c(c1)OCO2)N1CCC(n2cnc3cccnc32)CC1. The lowest BCUT2D eigenvalue weighted by Crippen LogP contribution is -2.41. The predicted octanol–water partition coefficient (Wildman–Crippen LogP) is 3.03. The summed E-state index contributed by atoms with van der Waals surface area (Å²) in [5, 5.41) is 2.94. The first-order valence-electron chi connectivity index (χ1n) is 9.01. The Morgan fingerprint density at radius 2 is 1.96 bits per heavy atom. The van der Waals surface area contributed by atoms with E-state index in [2.05, 4.69) is 19.9 Å². The van der Waals surface area contributed by atoms with E-state index in [4.69, 9.17) is 9.47 Å². The lowest BCUT2D eigenvalue weighted by atomic mass is 10.1. The van der Waals surface area contributed by atoms with Gasteiger partial charge in [-0.05, 0) is 37.1 Å². The Hall–Kier alpha value is -3.29. The molecule has 2 amide bonds. The highest BCUT2D eigenvalue weighted by Gasteiger charge is 2.25. The van der Waals surface area contributed by atoms with Gasteiger partial charge >= 0.3 is 6.03 Å². The summed E-state index contributed by atoms with van der Waals surface area (Å²) in [5.41, 5.74) is 2.51. The maximum absolute atomic E-state index is 12.6. The molecule has 8 nitrogen and oxygen atoms in total.